The third kappa shape index (κ3) is 4.24. The highest BCUT2D eigenvalue weighted by molar-refractivity contribution is 7.88. The van der Waals surface area contributed by atoms with Gasteiger partial charge in [-0.25, -0.2) is 13.4 Å². The Morgan fingerprint density at radius 2 is 1.97 bits per heavy atom. The van der Waals surface area contributed by atoms with Crippen molar-refractivity contribution in [2.24, 2.45) is 0 Å². The monoisotopic (exact) mass is 437 g/mol. The van der Waals surface area contributed by atoms with Gasteiger partial charge in [0.25, 0.3) is 0 Å². The molecule has 0 amide bonds. The van der Waals surface area contributed by atoms with Crippen molar-refractivity contribution in [2.75, 3.05) is 12.8 Å². The second-order valence-electron chi connectivity index (χ2n) is 7.45. The average molecular weight is 438 g/mol. The summed E-state index contributed by atoms with van der Waals surface area (Å²) in [4.78, 5) is 4.36. The number of hydrogen-bond acceptors (Lipinski definition) is 4. The van der Waals surface area contributed by atoms with Crippen molar-refractivity contribution in [3.05, 3.63) is 87.7 Å². The lowest BCUT2D eigenvalue weighted by Gasteiger charge is -2.28. The zero-order valence-electron chi connectivity index (χ0n) is 16.5. The van der Waals surface area contributed by atoms with Crippen molar-refractivity contribution in [3.63, 3.8) is 0 Å². The Morgan fingerprint density at radius 3 is 2.67 bits per heavy atom. The van der Waals surface area contributed by atoms with Crippen LogP contribution in [0.4, 0.5) is 0 Å². The highest BCUT2D eigenvalue weighted by atomic mass is 35.5. The summed E-state index contributed by atoms with van der Waals surface area (Å²) in [6.07, 6.45) is 4.42. The number of hydrogen-bond donors (Lipinski definition) is 0. The van der Waals surface area contributed by atoms with Crippen LogP contribution in [-0.4, -0.2) is 30.5 Å². The first-order valence-corrected chi connectivity index (χ1v) is 11.8. The van der Waals surface area contributed by atoms with Crippen LogP contribution in [-0.2, 0) is 29.4 Å². The van der Waals surface area contributed by atoms with Crippen molar-refractivity contribution in [3.8, 4) is 17.2 Å². The number of sulfonamides is 1. The molecule has 0 N–H and O–H groups in total. The summed E-state index contributed by atoms with van der Waals surface area (Å²) in [5.74, 6) is 0. The Kier molecular flexibility index (Phi) is 5.61. The maximum atomic E-state index is 11.9. The van der Waals surface area contributed by atoms with Gasteiger partial charge in [0.05, 0.1) is 17.9 Å². The molecule has 0 saturated heterocycles. The Bertz CT molecular complexity index is 1250. The van der Waals surface area contributed by atoms with E-state index in [2.05, 4.69) is 17.1 Å². The quantitative estimate of drug-likeness (QED) is 0.574. The van der Waals surface area contributed by atoms with Crippen molar-refractivity contribution >= 4 is 21.6 Å². The average Bonchev–Trinajstić information content (AvgIpc) is 2.74. The molecule has 4 rings (SSSR count). The molecule has 0 spiro atoms. The van der Waals surface area contributed by atoms with Crippen LogP contribution in [0.25, 0.3) is 11.1 Å². The maximum absolute atomic E-state index is 11.9. The molecule has 0 unspecified atom stereocenters. The number of fused-ring (bicyclic) bond motifs is 1. The molecule has 0 saturated carbocycles. The lowest BCUT2D eigenvalue weighted by Crippen LogP contribution is -2.35. The summed E-state index contributed by atoms with van der Waals surface area (Å²) in [6.45, 7) is 0.912. The third-order valence-electron chi connectivity index (χ3n) is 5.41. The summed E-state index contributed by atoms with van der Waals surface area (Å²) >= 11 is 6.34. The zero-order chi connectivity index (χ0) is 21.3. The van der Waals surface area contributed by atoms with Crippen LogP contribution in [0.5, 0.6) is 0 Å². The number of nitrogens with zero attached hydrogens (tertiary/aromatic N) is 3. The summed E-state index contributed by atoms with van der Waals surface area (Å²) in [7, 11) is -3.20. The van der Waals surface area contributed by atoms with E-state index >= 15 is 0 Å². The molecule has 2 aromatic carbocycles. The van der Waals surface area contributed by atoms with E-state index in [4.69, 9.17) is 16.9 Å². The number of benzene rings is 2. The summed E-state index contributed by atoms with van der Waals surface area (Å²) in [5, 5.41) is 9.41. The number of aromatic nitrogens is 1. The van der Waals surface area contributed by atoms with Gasteiger partial charge < -0.3 is 0 Å². The highest BCUT2D eigenvalue weighted by Crippen LogP contribution is 2.30. The maximum Gasteiger partial charge on any atom is 0.211 e. The number of pyridine rings is 1. The van der Waals surface area contributed by atoms with Gasteiger partial charge in [0.15, 0.2) is 0 Å². The molecule has 0 atom stereocenters. The summed E-state index contributed by atoms with van der Waals surface area (Å²) in [6, 6.07) is 17.5. The van der Waals surface area contributed by atoms with Crippen LogP contribution >= 0.6 is 11.6 Å². The van der Waals surface area contributed by atoms with E-state index in [1.807, 2.05) is 30.3 Å². The molecule has 1 aliphatic rings. The van der Waals surface area contributed by atoms with Crippen LogP contribution < -0.4 is 0 Å². The molecule has 5 nitrogen and oxygen atoms in total. The summed E-state index contributed by atoms with van der Waals surface area (Å²) < 4.78 is 25.3. The van der Waals surface area contributed by atoms with Crippen molar-refractivity contribution in [1.29, 1.82) is 5.26 Å². The van der Waals surface area contributed by atoms with E-state index in [0.29, 0.717) is 36.6 Å². The van der Waals surface area contributed by atoms with Gasteiger partial charge in [-0.2, -0.15) is 9.57 Å². The topological polar surface area (TPSA) is 74.1 Å². The Balaban J connectivity index is 1.64. The van der Waals surface area contributed by atoms with Gasteiger partial charge in [-0.3, -0.25) is 0 Å². The normalized spacial score (nSPS) is 14.2. The molecule has 2 heterocycles. The summed E-state index contributed by atoms with van der Waals surface area (Å²) in [5.41, 5.74) is 6.80. The molecule has 1 aromatic heterocycles. The first kappa shape index (κ1) is 20.5. The van der Waals surface area contributed by atoms with Crippen molar-refractivity contribution < 1.29 is 8.42 Å². The minimum absolute atomic E-state index is 0.414. The number of halogens is 1. The molecule has 3 aromatic rings. The highest BCUT2D eigenvalue weighted by Gasteiger charge is 2.24. The standard InChI is InChI=1S/C23H20ClN3O2S/c1-30(28,29)27-10-9-21-19(3-2-4-20(21)15-27)11-17-12-22(23(24)26-14-17)18-7-5-16(13-25)6-8-18/h2-8,12,14H,9-11,15H2,1H3. The number of rotatable bonds is 4. The first-order valence-electron chi connectivity index (χ1n) is 9.55. The van der Waals surface area contributed by atoms with Crippen LogP contribution in [0, 0.1) is 11.3 Å². The fourth-order valence-electron chi connectivity index (χ4n) is 3.85. The van der Waals surface area contributed by atoms with Gasteiger partial charge in [0.1, 0.15) is 5.15 Å². The van der Waals surface area contributed by atoms with E-state index < -0.39 is 10.0 Å². The fraction of sp³-hybridized carbons (Fsp3) is 0.217. The Morgan fingerprint density at radius 1 is 1.20 bits per heavy atom. The molecule has 30 heavy (non-hydrogen) atoms. The molecule has 152 valence electrons. The van der Waals surface area contributed by atoms with Gasteiger partial charge in [0, 0.05) is 24.8 Å². The molecular formula is C23H20ClN3O2S. The van der Waals surface area contributed by atoms with E-state index in [1.165, 1.54) is 21.7 Å². The van der Waals surface area contributed by atoms with Gasteiger partial charge >= 0.3 is 0 Å². The smallest absolute Gasteiger partial charge is 0.211 e. The zero-order valence-corrected chi connectivity index (χ0v) is 18.0. The van der Waals surface area contributed by atoms with Gasteiger partial charge in [-0.15, -0.1) is 0 Å². The van der Waals surface area contributed by atoms with Crippen LogP contribution in [0.2, 0.25) is 5.15 Å². The molecule has 1 aliphatic heterocycles. The van der Waals surface area contributed by atoms with E-state index in [0.717, 1.165) is 22.3 Å². The molecule has 0 bridgehead atoms. The van der Waals surface area contributed by atoms with Gasteiger partial charge in [0.2, 0.25) is 10.0 Å². The fourth-order valence-corrected chi connectivity index (χ4v) is 4.86. The van der Waals surface area contributed by atoms with Gasteiger partial charge in [-0.05, 0) is 58.9 Å². The largest absolute Gasteiger partial charge is 0.244 e. The molecule has 0 fully saturated rings. The molecule has 0 radical (unpaired) electrons. The minimum atomic E-state index is -3.20. The van der Waals surface area contributed by atoms with Crippen molar-refractivity contribution in [2.45, 2.75) is 19.4 Å². The van der Waals surface area contributed by atoms with Crippen LogP contribution in [0.3, 0.4) is 0 Å². The first-order chi connectivity index (χ1) is 14.3. The van der Waals surface area contributed by atoms with E-state index in [-0.39, 0.29) is 0 Å². The van der Waals surface area contributed by atoms with Crippen LogP contribution in [0.15, 0.2) is 54.7 Å². The van der Waals surface area contributed by atoms with Crippen LogP contribution in [0.1, 0.15) is 27.8 Å². The second kappa shape index (κ2) is 8.19. The lowest BCUT2D eigenvalue weighted by atomic mass is 9.91. The lowest BCUT2D eigenvalue weighted by molar-refractivity contribution is 0.394. The Labute approximate surface area is 181 Å². The SMILES string of the molecule is CS(=O)(=O)N1CCc2c(Cc3cnc(Cl)c(-c4ccc(C#N)cc4)c3)cccc2C1. The Hall–Kier alpha value is -2.72. The predicted octanol–water partition coefficient (Wildman–Crippen LogP) is 4.18. The third-order valence-corrected chi connectivity index (χ3v) is 6.96. The molecular weight excluding hydrogens is 418 g/mol. The van der Waals surface area contributed by atoms with Gasteiger partial charge in [-0.1, -0.05) is 41.9 Å². The molecule has 7 heteroatoms. The van der Waals surface area contributed by atoms with E-state index in [1.54, 1.807) is 18.3 Å². The predicted molar refractivity (Wildman–Crippen MR) is 118 cm³/mol. The molecule has 0 aliphatic carbocycles. The number of nitriles is 1. The van der Waals surface area contributed by atoms with E-state index in [9.17, 15) is 8.42 Å². The minimum Gasteiger partial charge on any atom is -0.244 e. The second-order valence-corrected chi connectivity index (χ2v) is 9.79. The van der Waals surface area contributed by atoms with Crippen molar-refractivity contribution in [1.82, 2.24) is 9.29 Å².